The van der Waals surface area contributed by atoms with Crippen molar-refractivity contribution in [2.75, 3.05) is 12.3 Å². The van der Waals surface area contributed by atoms with Gasteiger partial charge in [0, 0.05) is 5.54 Å². The Kier molecular flexibility index (Phi) is 4.37. The topological polar surface area (TPSA) is 102 Å². The first-order valence-corrected chi connectivity index (χ1v) is 5.75. The second kappa shape index (κ2) is 5.60. The first-order valence-electron chi connectivity index (χ1n) is 5.75. The van der Waals surface area contributed by atoms with Gasteiger partial charge in [-0.25, -0.2) is 4.79 Å². The number of rotatable bonds is 4. The van der Waals surface area contributed by atoms with Gasteiger partial charge in [0.05, 0.1) is 11.3 Å². The number of carboxylic acids is 1. The number of hydrogen-bond acceptors (Lipinski definition) is 4. The van der Waals surface area contributed by atoms with Gasteiger partial charge in [-0.05, 0) is 39.0 Å². The number of ether oxygens (including phenoxy) is 1. The number of carboxylic acid groups (broad SMARTS) is 1. The van der Waals surface area contributed by atoms with Crippen LogP contribution in [0.25, 0.3) is 0 Å². The van der Waals surface area contributed by atoms with Crippen molar-refractivity contribution in [2.24, 2.45) is 0 Å². The van der Waals surface area contributed by atoms with Crippen molar-refractivity contribution in [1.82, 2.24) is 5.32 Å². The highest BCUT2D eigenvalue weighted by Gasteiger charge is 2.14. The summed E-state index contributed by atoms with van der Waals surface area (Å²) in [5.74, 6) is -1.05. The standard InChI is InChI=1S/C13H18N2O4/c1-13(2,3)15-11(16)7-19-10-5-4-8(12(17)18)6-9(10)14/h4-6H,7,14H2,1-3H3,(H,15,16)(H,17,18). The molecule has 0 aliphatic heterocycles. The van der Waals surface area contributed by atoms with Crippen LogP contribution in [0.2, 0.25) is 0 Å². The Balaban J connectivity index is 2.64. The summed E-state index contributed by atoms with van der Waals surface area (Å²) in [5, 5.41) is 11.5. The molecule has 0 aliphatic rings. The molecule has 0 bridgehead atoms. The minimum absolute atomic E-state index is 0.0731. The summed E-state index contributed by atoms with van der Waals surface area (Å²) in [5.41, 5.74) is 5.58. The average molecular weight is 266 g/mol. The molecule has 0 aliphatic carbocycles. The zero-order chi connectivity index (χ0) is 14.6. The molecule has 1 amide bonds. The van der Waals surface area contributed by atoms with Crippen molar-refractivity contribution < 1.29 is 19.4 Å². The molecule has 0 heterocycles. The van der Waals surface area contributed by atoms with Crippen molar-refractivity contribution >= 4 is 17.6 Å². The monoisotopic (exact) mass is 266 g/mol. The zero-order valence-corrected chi connectivity index (χ0v) is 11.2. The van der Waals surface area contributed by atoms with Gasteiger partial charge in [-0.15, -0.1) is 0 Å². The van der Waals surface area contributed by atoms with Crippen molar-refractivity contribution in [3.8, 4) is 5.75 Å². The van der Waals surface area contributed by atoms with Gasteiger partial charge in [-0.2, -0.15) is 0 Å². The molecular formula is C13H18N2O4. The van der Waals surface area contributed by atoms with E-state index in [4.69, 9.17) is 15.6 Å². The van der Waals surface area contributed by atoms with Crippen molar-refractivity contribution in [3.05, 3.63) is 23.8 Å². The molecule has 1 rings (SSSR count). The largest absolute Gasteiger partial charge is 0.482 e. The lowest BCUT2D eigenvalue weighted by atomic mass is 10.1. The maximum absolute atomic E-state index is 11.5. The number of anilines is 1. The van der Waals surface area contributed by atoms with E-state index in [0.29, 0.717) is 0 Å². The molecule has 0 unspecified atom stereocenters. The van der Waals surface area contributed by atoms with Crippen LogP contribution in [-0.4, -0.2) is 29.1 Å². The molecule has 19 heavy (non-hydrogen) atoms. The van der Waals surface area contributed by atoms with Crippen LogP contribution in [0, 0.1) is 0 Å². The number of nitrogens with one attached hydrogen (secondary N) is 1. The zero-order valence-electron chi connectivity index (χ0n) is 11.2. The summed E-state index contributed by atoms with van der Waals surface area (Å²) in [6.07, 6.45) is 0. The highest BCUT2D eigenvalue weighted by atomic mass is 16.5. The van der Waals surface area contributed by atoms with Crippen molar-refractivity contribution in [3.63, 3.8) is 0 Å². The maximum Gasteiger partial charge on any atom is 0.335 e. The number of aromatic carboxylic acids is 1. The molecule has 6 heteroatoms. The lowest BCUT2D eigenvalue weighted by molar-refractivity contribution is -0.124. The van der Waals surface area contributed by atoms with Crippen LogP contribution in [-0.2, 0) is 4.79 Å². The average Bonchev–Trinajstić information content (AvgIpc) is 2.24. The number of carbonyl (C=O) groups is 2. The van der Waals surface area contributed by atoms with Crippen LogP contribution in [0.3, 0.4) is 0 Å². The van der Waals surface area contributed by atoms with Crippen molar-refractivity contribution in [1.29, 1.82) is 0 Å². The van der Waals surface area contributed by atoms with Gasteiger partial charge in [0.2, 0.25) is 0 Å². The highest BCUT2D eigenvalue weighted by Crippen LogP contribution is 2.22. The van der Waals surface area contributed by atoms with E-state index < -0.39 is 5.97 Å². The molecule has 0 saturated heterocycles. The molecule has 0 spiro atoms. The van der Waals surface area contributed by atoms with E-state index in [9.17, 15) is 9.59 Å². The van der Waals surface area contributed by atoms with Gasteiger partial charge in [-0.3, -0.25) is 4.79 Å². The van der Waals surface area contributed by atoms with Crippen LogP contribution in [0.4, 0.5) is 5.69 Å². The third kappa shape index (κ3) is 4.87. The van der Waals surface area contributed by atoms with E-state index in [1.807, 2.05) is 20.8 Å². The van der Waals surface area contributed by atoms with E-state index in [-0.39, 0.29) is 35.1 Å². The number of hydrogen-bond donors (Lipinski definition) is 3. The summed E-state index contributed by atoms with van der Waals surface area (Å²) < 4.78 is 5.25. The minimum atomic E-state index is -1.07. The fourth-order valence-electron chi connectivity index (χ4n) is 1.41. The van der Waals surface area contributed by atoms with E-state index in [2.05, 4.69) is 5.32 Å². The Labute approximate surface area is 111 Å². The van der Waals surface area contributed by atoms with Crippen LogP contribution in [0.15, 0.2) is 18.2 Å². The maximum atomic E-state index is 11.5. The molecule has 6 nitrogen and oxygen atoms in total. The third-order valence-corrected chi connectivity index (χ3v) is 2.13. The SMILES string of the molecule is CC(C)(C)NC(=O)COc1ccc(C(=O)O)cc1N. The van der Waals surface area contributed by atoms with Gasteiger partial charge in [0.1, 0.15) is 5.75 Å². The van der Waals surface area contributed by atoms with Crippen LogP contribution >= 0.6 is 0 Å². The number of amides is 1. The second-order valence-electron chi connectivity index (χ2n) is 5.14. The number of nitrogens with two attached hydrogens (primary N) is 1. The molecular weight excluding hydrogens is 248 g/mol. The lowest BCUT2D eigenvalue weighted by Gasteiger charge is -2.20. The molecule has 1 aromatic rings. The molecule has 104 valence electrons. The van der Waals surface area contributed by atoms with Crippen LogP contribution in [0.1, 0.15) is 31.1 Å². The van der Waals surface area contributed by atoms with Crippen LogP contribution in [0.5, 0.6) is 5.75 Å². The predicted octanol–water partition coefficient (Wildman–Crippen LogP) is 1.26. The van der Waals surface area contributed by atoms with Gasteiger partial charge >= 0.3 is 5.97 Å². The van der Waals surface area contributed by atoms with Crippen LogP contribution < -0.4 is 15.8 Å². The normalized spacial score (nSPS) is 10.9. The smallest absolute Gasteiger partial charge is 0.335 e. The quantitative estimate of drug-likeness (QED) is 0.712. The highest BCUT2D eigenvalue weighted by molar-refractivity contribution is 5.89. The number of nitrogen functional groups attached to an aromatic ring is 1. The first kappa shape index (κ1) is 14.8. The van der Waals surface area contributed by atoms with E-state index in [0.717, 1.165) is 0 Å². The summed E-state index contributed by atoms with van der Waals surface area (Å²) in [6.45, 7) is 5.41. The molecule has 0 saturated carbocycles. The molecule has 1 aromatic carbocycles. The molecule has 0 radical (unpaired) electrons. The number of benzene rings is 1. The Morgan fingerprint density at radius 2 is 2.00 bits per heavy atom. The Bertz CT molecular complexity index is 492. The molecule has 4 N–H and O–H groups in total. The van der Waals surface area contributed by atoms with E-state index >= 15 is 0 Å². The third-order valence-electron chi connectivity index (χ3n) is 2.13. The predicted molar refractivity (Wildman–Crippen MR) is 71.2 cm³/mol. The summed E-state index contributed by atoms with van der Waals surface area (Å²) >= 11 is 0. The van der Waals surface area contributed by atoms with Gasteiger partial charge in [0.25, 0.3) is 5.91 Å². The fraction of sp³-hybridized carbons (Fsp3) is 0.385. The Morgan fingerprint density at radius 3 is 2.47 bits per heavy atom. The molecule has 0 aromatic heterocycles. The Morgan fingerprint density at radius 1 is 1.37 bits per heavy atom. The molecule has 0 fully saturated rings. The molecule has 0 atom stereocenters. The van der Waals surface area contributed by atoms with E-state index in [1.54, 1.807) is 0 Å². The minimum Gasteiger partial charge on any atom is -0.482 e. The first-order chi connectivity index (χ1) is 8.69. The number of carbonyl (C=O) groups excluding carboxylic acids is 1. The fourth-order valence-corrected chi connectivity index (χ4v) is 1.41. The summed E-state index contributed by atoms with van der Waals surface area (Å²) in [6, 6.07) is 4.10. The summed E-state index contributed by atoms with van der Waals surface area (Å²) in [4.78, 5) is 22.3. The van der Waals surface area contributed by atoms with Gasteiger partial charge < -0.3 is 20.9 Å². The van der Waals surface area contributed by atoms with Gasteiger partial charge in [-0.1, -0.05) is 0 Å². The second-order valence-corrected chi connectivity index (χ2v) is 5.14. The van der Waals surface area contributed by atoms with E-state index in [1.165, 1.54) is 18.2 Å². The van der Waals surface area contributed by atoms with Crippen molar-refractivity contribution in [2.45, 2.75) is 26.3 Å². The van der Waals surface area contributed by atoms with Gasteiger partial charge in [0.15, 0.2) is 6.61 Å². The lowest BCUT2D eigenvalue weighted by Crippen LogP contribution is -2.43. The summed E-state index contributed by atoms with van der Waals surface area (Å²) in [7, 11) is 0. The Hall–Kier alpha value is -2.24.